The minimum absolute atomic E-state index is 0.0750. The van der Waals surface area contributed by atoms with Crippen LogP contribution < -0.4 is 10.6 Å². The molecule has 4 N–H and O–H groups in total. The van der Waals surface area contributed by atoms with E-state index in [-0.39, 0.29) is 35.9 Å². The van der Waals surface area contributed by atoms with Gasteiger partial charge in [0.25, 0.3) is 0 Å². The number of amides is 3. The monoisotopic (exact) mass is 790 g/mol. The van der Waals surface area contributed by atoms with Crippen molar-refractivity contribution in [3.05, 3.63) is 120 Å². The highest BCUT2D eigenvalue weighted by molar-refractivity contribution is 5.91. The Morgan fingerprint density at radius 3 is 2.03 bits per heavy atom. The van der Waals surface area contributed by atoms with Gasteiger partial charge in [-0.3, -0.25) is 9.59 Å². The topological polar surface area (TPSA) is 148 Å². The zero-order chi connectivity index (χ0) is 40.6. The van der Waals surface area contributed by atoms with E-state index in [1.165, 1.54) is 12.7 Å². The predicted octanol–water partition coefficient (Wildman–Crippen LogP) is 7.88. The summed E-state index contributed by atoms with van der Waals surface area (Å²) in [6.07, 6.45) is 7.53. The Kier molecular flexibility index (Phi) is 10.5. The fourth-order valence-electron chi connectivity index (χ4n) is 9.14. The van der Waals surface area contributed by atoms with Crippen molar-refractivity contribution in [2.75, 3.05) is 26.7 Å². The number of rotatable bonds is 9. The number of hydrogen-bond donors (Lipinski definition) is 4. The molecule has 0 radical (unpaired) electrons. The van der Waals surface area contributed by atoms with Gasteiger partial charge < -0.3 is 35.1 Å². The highest BCUT2D eigenvalue weighted by Gasteiger charge is 2.39. The third kappa shape index (κ3) is 7.49. The van der Waals surface area contributed by atoms with E-state index in [1.54, 1.807) is 0 Å². The summed E-state index contributed by atoms with van der Waals surface area (Å²) < 4.78 is 4.78. The molecule has 5 heterocycles. The molecule has 12 nitrogen and oxygen atoms in total. The van der Waals surface area contributed by atoms with Crippen molar-refractivity contribution >= 4 is 28.7 Å². The van der Waals surface area contributed by atoms with Crippen molar-refractivity contribution in [1.82, 2.24) is 40.4 Å². The number of aromatic amines is 2. The Hall–Kier alpha value is -6.27. The van der Waals surface area contributed by atoms with Crippen LogP contribution in [0.1, 0.15) is 80.4 Å². The van der Waals surface area contributed by atoms with Gasteiger partial charge in [-0.15, -0.1) is 0 Å². The number of benzene rings is 4. The summed E-state index contributed by atoms with van der Waals surface area (Å²) in [6, 6.07) is 28.4. The molecule has 4 atom stereocenters. The van der Waals surface area contributed by atoms with Gasteiger partial charge in [0, 0.05) is 25.2 Å². The number of nitrogens with zero attached hydrogens (tertiary/aromatic N) is 4. The minimum atomic E-state index is -0.679. The number of imidazole rings is 2. The van der Waals surface area contributed by atoms with Crippen LogP contribution >= 0.6 is 0 Å². The SMILES string of the molecule is COC(=O)N[C@H](C(=O)N1CCC[C@H]1c1ncc(-c2ccc3cc(-c4ccc(-c5cnc([C@@H]6CCCN6C(=O)[C@@H]6NCCc7ccccc76)[nH]5)cc4)ccc3c2)[nH]1)C(C)C. The van der Waals surface area contributed by atoms with Gasteiger partial charge >= 0.3 is 6.09 Å². The summed E-state index contributed by atoms with van der Waals surface area (Å²) in [7, 11) is 1.30. The van der Waals surface area contributed by atoms with Crippen molar-refractivity contribution < 1.29 is 19.1 Å². The van der Waals surface area contributed by atoms with Crippen LogP contribution in [0.5, 0.6) is 0 Å². The highest BCUT2D eigenvalue weighted by atomic mass is 16.5. The number of likely N-dealkylation sites (tertiary alicyclic amines) is 2. The van der Waals surface area contributed by atoms with Crippen molar-refractivity contribution in [2.24, 2.45) is 5.92 Å². The third-order valence-electron chi connectivity index (χ3n) is 12.3. The Bertz CT molecular complexity index is 2510. The summed E-state index contributed by atoms with van der Waals surface area (Å²) in [5.41, 5.74) is 8.44. The molecular weight excluding hydrogens is 741 g/mol. The van der Waals surface area contributed by atoms with Crippen LogP contribution in [0.25, 0.3) is 44.4 Å². The lowest BCUT2D eigenvalue weighted by atomic mass is 9.93. The molecule has 0 bridgehead atoms. The summed E-state index contributed by atoms with van der Waals surface area (Å²) >= 11 is 0. The number of aromatic nitrogens is 4. The maximum Gasteiger partial charge on any atom is 0.407 e. The summed E-state index contributed by atoms with van der Waals surface area (Å²) in [4.78, 5) is 59.9. The zero-order valence-corrected chi connectivity index (χ0v) is 33.7. The molecular formula is C47H50N8O4. The summed E-state index contributed by atoms with van der Waals surface area (Å²) in [5, 5.41) is 8.42. The average Bonchev–Trinajstić information content (AvgIpc) is 4.12. The molecule has 3 aliphatic rings. The molecule has 9 rings (SSSR count). The number of nitrogens with one attached hydrogen (secondary N) is 4. The highest BCUT2D eigenvalue weighted by Crippen LogP contribution is 2.37. The first-order valence-corrected chi connectivity index (χ1v) is 20.8. The molecule has 0 aliphatic carbocycles. The Balaban J connectivity index is 0.871. The summed E-state index contributed by atoms with van der Waals surface area (Å²) in [5.74, 6) is 1.47. The number of hydrogen-bond acceptors (Lipinski definition) is 7. The molecule has 4 aromatic carbocycles. The second kappa shape index (κ2) is 16.2. The Morgan fingerprint density at radius 2 is 1.34 bits per heavy atom. The largest absolute Gasteiger partial charge is 0.453 e. The van der Waals surface area contributed by atoms with E-state index in [0.717, 1.165) is 107 Å². The van der Waals surface area contributed by atoms with Crippen molar-refractivity contribution in [1.29, 1.82) is 0 Å². The number of methoxy groups -OCH3 is 1. The van der Waals surface area contributed by atoms with Crippen LogP contribution in [0.3, 0.4) is 0 Å². The molecule has 2 aromatic heterocycles. The van der Waals surface area contributed by atoms with Gasteiger partial charge in [0.05, 0.1) is 43.0 Å². The van der Waals surface area contributed by atoms with E-state index in [0.29, 0.717) is 6.54 Å². The van der Waals surface area contributed by atoms with E-state index < -0.39 is 12.1 Å². The lowest BCUT2D eigenvalue weighted by Gasteiger charge is -2.32. The number of alkyl carbamates (subject to hydrolysis) is 1. The lowest BCUT2D eigenvalue weighted by molar-refractivity contribution is -0.136. The van der Waals surface area contributed by atoms with Crippen LogP contribution in [0.2, 0.25) is 0 Å². The molecule has 3 amide bonds. The van der Waals surface area contributed by atoms with Gasteiger partial charge in [0.15, 0.2) is 0 Å². The van der Waals surface area contributed by atoms with Crippen molar-refractivity contribution in [3.63, 3.8) is 0 Å². The van der Waals surface area contributed by atoms with Gasteiger partial charge in [-0.25, -0.2) is 14.8 Å². The molecule has 2 fully saturated rings. The first-order chi connectivity index (χ1) is 28.7. The van der Waals surface area contributed by atoms with Crippen LogP contribution in [0.4, 0.5) is 4.79 Å². The maximum absolute atomic E-state index is 13.9. The number of fused-ring (bicyclic) bond motifs is 2. The quantitative estimate of drug-likeness (QED) is 0.117. The van der Waals surface area contributed by atoms with E-state index in [4.69, 9.17) is 14.7 Å². The van der Waals surface area contributed by atoms with E-state index in [2.05, 4.69) is 93.4 Å². The van der Waals surface area contributed by atoms with Crippen LogP contribution in [-0.2, 0) is 20.7 Å². The molecule has 3 aliphatic heterocycles. The molecule has 2 saturated heterocycles. The zero-order valence-electron chi connectivity index (χ0n) is 33.7. The molecule has 12 heteroatoms. The molecule has 0 spiro atoms. The van der Waals surface area contributed by atoms with Crippen molar-refractivity contribution in [3.8, 4) is 33.6 Å². The molecule has 302 valence electrons. The fraction of sp³-hybridized carbons (Fsp3) is 0.340. The second-order valence-electron chi connectivity index (χ2n) is 16.3. The maximum atomic E-state index is 13.9. The van der Waals surface area contributed by atoms with E-state index >= 15 is 0 Å². The van der Waals surface area contributed by atoms with Gasteiger partial charge in [0.2, 0.25) is 11.8 Å². The van der Waals surface area contributed by atoms with E-state index in [9.17, 15) is 14.4 Å². The van der Waals surface area contributed by atoms with Crippen molar-refractivity contribution in [2.45, 2.75) is 70.1 Å². The van der Waals surface area contributed by atoms with Gasteiger partial charge in [-0.05, 0) is 88.7 Å². The second-order valence-corrected chi connectivity index (χ2v) is 16.3. The van der Waals surface area contributed by atoms with Gasteiger partial charge in [-0.2, -0.15) is 0 Å². The lowest BCUT2D eigenvalue weighted by Crippen LogP contribution is -2.51. The molecule has 6 aromatic rings. The molecule has 59 heavy (non-hydrogen) atoms. The van der Waals surface area contributed by atoms with Crippen LogP contribution in [0.15, 0.2) is 97.3 Å². The first kappa shape index (κ1) is 38.3. The smallest absolute Gasteiger partial charge is 0.407 e. The first-order valence-electron chi connectivity index (χ1n) is 20.8. The molecule has 0 saturated carbocycles. The normalized spacial score (nSPS) is 19.6. The fourth-order valence-corrected chi connectivity index (χ4v) is 9.14. The van der Waals surface area contributed by atoms with E-state index in [1.807, 2.05) is 48.2 Å². The van der Waals surface area contributed by atoms with Crippen LogP contribution in [0, 0.1) is 5.92 Å². The standard InChI is InChI=1S/C47H50N8O4/c1-28(2)41(53-47(58)59-3)45(56)54-22-6-10-39(54)44-50-27-38(52-44)35-19-18-33-24-32(16-17-34(33)25-35)29-12-14-31(15-13-29)37-26-49-43(51-37)40-11-7-23-55(40)46(57)42-36-9-5-4-8-30(36)20-21-48-42/h4-5,8-9,12-19,24-28,39-42,48H,6-7,10-11,20-23H2,1-3H3,(H,49,51)(H,50,52)(H,53,58)/t39-,40-,41-,42+/m0/s1. The molecule has 0 unspecified atom stereocenters. The average molecular weight is 791 g/mol. The van der Waals surface area contributed by atoms with Gasteiger partial charge in [0.1, 0.15) is 23.7 Å². The number of ether oxygens (including phenoxy) is 1. The number of carbonyl (C=O) groups excluding carboxylic acids is 3. The Morgan fingerprint density at radius 1 is 0.746 bits per heavy atom. The number of H-pyrrole nitrogens is 2. The third-order valence-corrected chi connectivity index (χ3v) is 12.3. The Labute approximate surface area is 343 Å². The predicted molar refractivity (Wildman–Crippen MR) is 227 cm³/mol. The summed E-state index contributed by atoms with van der Waals surface area (Å²) in [6.45, 7) is 5.96. The van der Waals surface area contributed by atoms with Crippen LogP contribution in [-0.4, -0.2) is 80.4 Å². The minimum Gasteiger partial charge on any atom is -0.453 e. The van der Waals surface area contributed by atoms with Gasteiger partial charge in [-0.1, -0.05) is 86.6 Å². The number of carbonyl (C=O) groups is 3.